The monoisotopic (exact) mass is 369 g/mol. The Kier molecular flexibility index (Phi) is 4.10. The maximum atomic E-state index is 5.89. The average molecular weight is 371 g/mol. The third kappa shape index (κ3) is 2.75. The van der Waals surface area contributed by atoms with E-state index >= 15 is 0 Å². The minimum atomic E-state index is 0.563. The standard InChI is InChI=1S/C14H13BrClN3S/c1-9-2-3-11(20-9)8-19-13(4-5-16)18-12-6-10(15)7-17-14(12)19/h2-3,6-7H,4-5,8H2,1H3. The van der Waals surface area contributed by atoms with Crippen molar-refractivity contribution in [1.82, 2.24) is 14.5 Å². The number of rotatable bonds is 4. The quantitative estimate of drug-likeness (QED) is 0.638. The smallest absolute Gasteiger partial charge is 0.160 e. The van der Waals surface area contributed by atoms with Gasteiger partial charge in [-0.25, -0.2) is 9.97 Å². The largest absolute Gasteiger partial charge is 0.307 e. The van der Waals surface area contributed by atoms with Crippen LogP contribution in [0.4, 0.5) is 0 Å². The van der Waals surface area contributed by atoms with Gasteiger partial charge in [0.1, 0.15) is 11.3 Å². The molecule has 0 radical (unpaired) electrons. The van der Waals surface area contributed by atoms with Gasteiger partial charge in [-0.15, -0.1) is 22.9 Å². The van der Waals surface area contributed by atoms with Gasteiger partial charge in [0, 0.05) is 32.7 Å². The first-order valence-electron chi connectivity index (χ1n) is 6.29. The van der Waals surface area contributed by atoms with Gasteiger partial charge in [0.05, 0.1) is 6.54 Å². The van der Waals surface area contributed by atoms with Crippen molar-refractivity contribution in [2.45, 2.75) is 19.9 Å². The van der Waals surface area contributed by atoms with Crippen LogP contribution in [0.15, 0.2) is 28.9 Å². The fourth-order valence-corrected chi connectivity index (χ4v) is 3.57. The molecule has 3 aromatic rings. The minimum absolute atomic E-state index is 0.563. The highest BCUT2D eigenvalue weighted by atomic mass is 79.9. The predicted molar refractivity (Wildman–Crippen MR) is 87.8 cm³/mol. The summed E-state index contributed by atoms with van der Waals surface area (Å²) < 4.78 is 3.11. The highest BCUT2D eigenvalue weighted by Gasteiger charge is 2.13. The number of pyridine rings is 1. The van der Waals surface area contributed by atoms with Crippen molar-refractivity contribution in [2.75, 3.05) is 5.88 Å². The first kappa shape index (κ1) is 14.0. The lowest BCUT2D eigenvalue weighted by Gasteiger charge is -2.06. The molecule has 0 bridgehead atoms. The second kappa shape index (κ2) is 5.84. The molecule has 0 spiro atoms. The zero-order valence-corrected chi connectivity index (χ0v) is 14.1. The molecule has 104 valence electrons. The summed E-state index contributed by atoms with van der Waals surface area (Å²) in [6, 6.07) is 6.30. The second-order valence-electron chi connectivity index (χ2n) is 4.56. The van der Waals surface area contributed by atoms with Crippen LogP contribution < -0.4 is 0 Å². The Morgan fingerprint density at radius 1 is 1.40 bits per heavy atom. The van der Waals surface area contributed by atoms with Crippen molar-refractivity contribution < 1.29 is 0 Å². The van der Waals surface area contributed by atoms with Gasteiger partial charge in [-0.1, -0.05) is 0 Å². The van der Waals surface area contributed by atoms with Gasteiger partial charge in [-0.3, -0.25) is 0 Å². The molecule has 0 aliphatic heterocycles. The van der Waals surface area contributed by atoms with Gasteiger partial charge in [0.2, 0.25) is 0 Å². The molecule has 0 aromatic carbocycles. The van der Waals surface area contributed by atoms with Crippen LogP contribution in [-0.2, 0) is 13.0 Å². The van der Waals surface area contributed by atoms with Crippen molar-refractivity contribution >= 4 is 50.0 Å². The van der Waals surface area contributed by atoms with E-state index in [9.17, 15) is 0 Å². The van der Waals surface area contributed by atoms with Crippen LogP contribution in [-0.4, -0.2) is 20.4 Å². The zero-order chi connectivity index (χ0) is 14.1. The van der Waals surface area contributed by atoms with E-state index in [1.54, 1.807) is 11.3 Å². The second-order valence-corrected chi connectivity index (χ2v) is 7.23. The van der Waals surface area contributed by atoms with E-state index in [4.69, 9.17) is 11.6 Å². The summed E-state index contributed by atoms with van der Waals surface area (Å²) in [5.41, 5.74) is 1.83. The number of imidazole rings is 1. The maximum absolute atomic E-state index is 5.89. The Balaban J connectivity index is 2.08. The number of hydrogen-bond acceptors (Lipinski definition) is 3. The topological polar surface area (TPSA) is 30.7 Å². The van der Waals surface area contributed by atoms with Crippen LogP contribution in [0.5, 0.6) is 0 Å². The summed E-state index contributed by atoms with van der Waals surface area (Å²) >= 11 is 11.1. The van der Waals surface area contributed by atoms with Crippen LogP contribution in [0.25, 0.3) is 11.2 Å². The van der Waals surface area contributed by atoms with Gasteiger partial charge < -0.3 is 4.57 Å². The molecule has 0 amide bonds. The van der Waals surface area contributed by atoms with Crippen molar-refractivity contribution in [3.8, 4) is 0 Å². The number of fused-ring (bicyclic) bond motifs is 1. The third-order valence-electron chi connectivity index (χ3n) is 3.06. The molecular weight excluding hydrogens is 358 g/mol. The van der Waals surface area contributed by atoms with Crippen molar-refractivity contribution in [3.63, 3.8) is 0 Å². The molecule has 3 nitrogen and oxygen atoms in total. The number of aryl methyl sites for hydroxylation is 2. The van der Waals surface area contributed by atoms with E-state index in [-0.39, 0.29) is 0 Å². The van der Waals surface area contributed by atoms with E-state index in [2.05, 4.69) is 49.5 Å². The third-order valence-corrected chi connectivity index (χ3v) is 4.67. The molecule has 0 unspecified atom stereocenters. The Morgan fingerprint density at radius 3 is 2.95 bits per heavy atom. The molecule has 0 fully saturated rings. The Bertz CT molecular complexity index is 750. The van der Waals surface area contributed by atoms with E-state index < -0.39 is 0 Å². The summed E-state index contributed by atoms with van der Waals surface area (Å²) in [5.74, 6) is 1.56. The maximum Gasteiger partial charge on any atom is 0.160 e. The van der Waals surface area contributed by atoms with Gasteiger partial charge in [0.25, 0.3) is 0 Å². The molecule has 0 aliphatic rings. The van der Waals surface area contributed by atoms with Crippen LogP contribution in [0.3, 0.4) is 0 Å². The number of aromatic nitrogens is 3. The number of hydrogen-bond donors (Lipinski definition) is 0. The molecule has 20 heavy (non-hydrogen) atoms. The predicted octanol–water partition coefficient (Wildman–Crippen LogP) is 4.39. The Hall–Kier alpha value is -0.910. The molecule has 3 aromatic heterocycles. The summed E-state index contributed by atoms with van der Waals surface area (Å²) in [4.78, 5) is 11.8. The molecule has 6 heteroatoms. The fraction of sp³-hybridized carbons (Fsp3) is 0.286. The van der Waals surface area contributed by atoms with E-state index in [0.717, 1.165) is 34.4 Å². The highest BCUT2D eigenvalue weighted by Crippen LogP contribution is 2.23. The van der Waals surface area contributed by atoms with Crippen molar-refractivity contribution in [3.05, 3.63) is 44.4 Å². The highest BCUT2D eigenvalue weighted by molar-refractivity contribution is 9.10. The number of thiophene rings is 1. The average Bonchev–Trinajstić information content (AvgIpc) is 2.95. The fourth-order valence-electron chi connectivity index (χ4n) is 2.20. The van der Waals surface area contributed by atoms with Crippen LogP contribution in [0.1, 0.15) is 15.6 Å². The molecule has 0 saturated carbocycles. The van der Waals surface area contributed by atoms with E-state index in [0.29, 0.717) is 5.88 Å². The first-order chi connectivity index (χ1) is 9.67. The lowest BCUT2D eigenvalue weighted by atomic mass is 10.4. The van der Waals surface area contributed by atoms with Gasteiger partial charge in [-0.2, -0.15) is 0 Å². The van der Waals surface area contributed by atoms with Crippen LogP contribution in [0, 0.1) is 6.92 Å². The first-order valence-corrected chi connectivity index (χ1v) is 8.43. The molecular formula is C14H13BrClN3S. The van der Waals surface area contributed by atoms with Crippen LogP contribution >= 0.6 is 38.9 Å². The molecule has 3 heterocycles. The summed E-state index contributed by atoms with van der Waals surface area (Å²) in [6.45, 7) is 2.92. The van der Waals surface area contributed by atoms with Crippen molar-refractivity contribution in [1.29, 1.82) is 0 Å². The number of nitrogens with zero attached hydrogens (tertiary/aromatic N) is 3. The minimum Gasteiger partial charge on any atom is -0.307 e. The zero-order valence-electron chi connectivity index (χ0n) is 10.9. The van der Waals surface area contributed by atoms with Crippen LogP contribution in [0.2, 0.25) is 0 Å². The SMILES string of the molecule is Cc1ccc(Cn2c(CCCl)nc3cc(Br)cnc32)s1. The molecule has 3 rings (SSSR count). The lowest BCUT2D eigenvalue weighted by Crippen LogP contribution is -2.05. The number of halogens is 2. The normalized spacial score (nSPS) is 11.3. The summed E-state index contributed by atoms with van der Waals surface area (Å²) in [7, 11) is 0. The molecule has 0 aliphatic carbocycles. The molecule has 0 N–H and O–H groups in total. The molecule has 0 atom stereocenters. The van der Waals surface area contributed by atoms with Gasteiger partial charge in [-0.05, 0) is 41.1 Å². The summed E-state index contributed by atoms with van der Waals surface area (Å²) in [6.07, 6.45) is 2.56. The molecule has 0 saturated heterocycles. The van der Waals surface area contributed by atoms with E-state index in [1.165, 1.54) is 9.75 Å². The van der Waals surface area contributed by atoms with Crippen molar-refractivity contribution in [2.24, 2.45) is 0 Å². The lowest BCUT2D eigenvalue weighted by molar-refractivity contribution is 0.756. The Morgan fingerprint density at radius 2 is 2.25 bits per heavy atom. The summed E-state index contributed by atoms with van der Waals surface area (Å²) in [5, 5.41) is 0. The van der Waals surface area contributed by atoms with Gasteiger partial charge in [0.15, 0.2) is 5.65 Å². The van der Waals surface area contributed by atoms with Gasteiger partial charge >= 0.3 is 0 Å². The van der Waals surface area contributed by atoms with E-state index in [1.807, 2.05) is 12.3 Å². The Labute approximate surface area is 134 Å². The number of alkyl halides is 1.